The molecule has 1 N–H and O–H groups in total. The molecule has 0 radical (unpaired) electrons. The third-order valence-electron chi connectivity index (χ3n) is 5.80. The maximum Gasteiger partial charge on any atom is 0.222 e. The minimum atomic E-state index is -0.242. The summed E-state index contributed by atoms with van der Waals surface area (Å²) >= 11 is 0. The maximum absolute atomic E-state index is 13.3. The molecule has 2 heterocycles. The van der Waals surface area contributed by atoms with Crippen LogP contribution in [0.25, 0.3) is 0 Å². The highest BCUT2D eigenvalue weighted by Crippen LogP contribution is 2.25. The molecular weight excluding hydrogens is 371 g/mol. The van der Waals surface area contributed by atoms with E-state index >= 15 is 0 Å². The molecule has 2 saturated heterocycles. The van der Waals surface area contributed by atoms with E-state index in [1.807, 2.05) is 11.8 Å². The molecule has 2 aliphatic heterocycles. The topological polar surface area (TPSA) is 57.2 Å². The van der Waals surface area contributed by atoms with Crippen molar-refractivity contribution in [3.05, 3.63) is 35.6 Å². The highest BCUT2D eigenvalue weighted by atomic mass is 19.1. The Hall–Kier alpha value is -2.15. The molecule has 0 aliphatic carbocycles. The highest BCUT2D eigenvalue weighted by Gasteiger charge is 2.29. The van der Waals surface area contributed by atoms with E-state index in [0.29, 0.717) is 13.0 Å². The van der Waals surface area contributed by atoms with Gasteiger partial charge in [0.25, 0.3) is 0 Å². The van der Waals surface area contributed by atoms with Gasteiger partial charge in [0, 0.05) is 39.1 Å². The Kier molecular flexibility index (Phi) is 7.47. The van der Waals surface area contributed by atoms with E-state index in [1.54, 1.807) is 19.2 Å². The normalized spacial score (nSPS) is 24.1. The molecule has 160 valence electrons. The van der Waals surface area contributed by atoms with Gasteiger partial charge in [0.05, 0.1) is 12.6 Å². The Morgan fingerprint density at radius 1 is 1.34 bits per heavy atom. The zero-order valence-corrected chi connectivity index (χ0v) is 17.7. The first-order chi connectivity index (χ1) is 14.0. The second-order valence-electron chi connectivity index (χ2n) is 7.91. The van der Waals surface area contributed by atoms with Crippen LogP contribution < -0.4 is 5.32 Å². The fraction of sp³-hybridized carbons (Fsp3) is 0.636. The Labute approximate surface area is 173 Å². The Bertz CT molecular complexity index is 709. The zero-order valence-electron chi connectivity index (χ0n) is 17.7. The molecule has 2 aliphatic rings. The number of nitrogens with one attached hydrogen (secondary N) is 1. The van der Waals surface area contributed by atoms with Crippen molar-refractivity contribution in [2.24, 2.45) is 4.99 Å². The third-order valence-corrected chi connectivity index (χ3v) is 5.80. The second-order valence-corrected chi connectivity index (χ2v) is 7.91. The molecule has 0 aromatic heterocycles. The molecule has 6 nitrogen and oxygen atoms in total. The van der Waals surface area contributed by atoms with Gasteiger partial charge in [0.15, 0.2) is 5.96 Å². The third kappa shape index (κ3) is 5.47. The average Bonchev–Trinajstić information content (AvgIpc) is 3.14. The van der Waals surface area contributed by atoms with Crippen LogP contribution in [-0.2, 0) is 9.53 Å². The molecule has 3 rings (SSSR count). The number of carbonyl (C=O) groups is 1. The van der Waals surface area contributed by atoms with E-state index in [2.05, 4.69) is 22.1 Å². The molecule has 3 unspecified atom stereocenters. The van der Waals surface area contributed by atoms with Crippen LogP contribution in [0.2, 0.25) is 0 Å². The standard InChI is InChI=1S/C22H33FN4O2/c1-4-19(27-13-5-6-21(27)28)11-12-25-22(24-3)26-14-16(2)29-20(15-26)17-7-9-18(23)10-8-17/h7-10,16,19-20H,4-6,11-15H2,1-3H3,(H,24,25). The Balaban J connectivity index is 1.57. The molecule has 2 fully saturated rings. The number of aliphatic imine (C=N–C) groups is 1. The summed E-state index contributed by atoms with van der Waals surface area (Å²) in [6, 6.07) is 6.79. The first-order valence-electron chi connectivity index (χ1n) is 10.7. The summed E-state index contributed by atoms with van der Waals surface area (Å²) in [5.41, 5.74) is 0.969. The van der Waals surface area contributed by atoms with Gasteiger partial charge >= 0.3 is 0 Å². The fourth-order valence-corrected chi connectivity index (χ4v) is 4.30. The van der Waals surface area contributed by atoms with Gasteiger partial charge in [-0.25, -0.2) is 4.39 Å². The number of guanidine groups is 1. The van der Waals surface area contributed by atoms with E-state index in [0.717, 1.165) is 50.4 Å². The number of nitrogens with zero attached hydrogens (tertiary/aromatic N) is 3. The number of halogens is 1. The smallest absolute Gasteiger partial charge is 0.222 e. The quantitative estimate of drug-likeness (QED) is 0.585. The number of likely N-dealkylation sites (tertiary alicyclic amines) is 1. The largest absolute Gasteiger partial charge is 0.367 e. The lowest BCUT2D eigenvalue weighted by atomic mass is 10.1. The summed E-state index contributed by atoms with van der Waals surface area (Å²) in [6.07, 6.45) is 3.45. The Morgan fingerprint density at radius 2 is 2.10 bits per heavy atom. The lowest BCUT2D eigenvalue weighted by molar-refractivity contribution is -0.129. The van der Waals surface area contributed by atoms with Crippen molar-refractivity contribution in [2.75, 3.05) is 33.2 Å². The Morgan fingerprint density at radius 3 is 2.72 bits per heavy atom. The van der Waals surface area contributed by atoms with Gasteiger partial charge in [-0.3, -0.25) is 9.79 Å². The zero-order chi connectivity index (χ0) is 20.8. The molecule has 0 bridgehead atoms. The molecule has 3 atom stereocenters. The van der Waals surface area contributed by atoms with Crippen molar-refractivity contribution in [3.8, 4) is 0 Å². The number of hydrogen-bond donors (Lipinski definition) is 1. The molecule has 7 heteroatoms. The van der Waals surface area contributed by atoms with Crippen LogP contribution in [0.3, 0.4) is 0 Å². The van der Waals surface area contributed by atoms with Gasteiger partial charge < -0.3 is 19.9 Å². The molecule has 1 aromatic carbocycles. The summed E-state index contributed by atoms with van der Waals surface area (Å²) < 4.78 is 19.3. The van der Waals surface area contributed by atoms with Crippen LogP contribution in [-0.4, -0.2) is 67.0 Å². The van der Waals surface area contributed by atoms with E-state index < -0.39 is 0 Å². The lowest BCUT2D eigenvalue weighted by Crippen LogP contribution is -2.51. The average molecular weight is 405 g/mol. The second kappa shape index (κ2) is 10.1. The van der Waals surface area contributed by atoms with E-state index in [9.17, 15) is 9.18 Å². The number of rotatable bonds is 6. The number of ether oxygens (including phenoxy) is 1. The van der Waals surface area contributed by atoms with Gasteiger partial charge in [0.1, 0.15) is 11.9 Å². The molecule has 29 heavy (non-hydrogen) atoms. The van der Waals surface area contributed by atoms with Crippen LogP contribution in [0.1, 0.15) is 51.2 Å². The number of amides is 1. The predicted octanol–water partition coefficient (Wildman–Crippen LogP) is 2.95. The van der Waals surface area contributed by atoms with Gasteiger partial charge in [-0.05, 0) is 43.9 Å². The van der Waals surface area contributed by atoms with Crippen molar-refractivity contribution in [2.45, 2.75) is 57.8 Å². The molecule has 1 aromatic rings. The van der Waals surface area contributed by atoms with Crippen LogP contribution in [0, 0.1) is 5.82 Å². The minimum absolute atomic E-state index is 0.0444. The van der Waals surface area contributed by atoms with Gasteiger partial charge in [-0.2, -0.15) is 0 Å². The number of benzene rings is 1. The monoisotopic (exact) mass is 404 g/mol. The van der Waals surface area contributed by atoms with Crippen LogP contribution in [0.5, 0.6) is 0 Å². The van der Waals surface area contributed by atoms with Gasteiger partial charge in [-0.1, -0.05) is 19.1 Å². The number of hydrogen-bond acceptors (Lipinski definition) is 3. The summed E-state index contributed by atoms with van der Waals surface area (Å²) in [4.78, 5) is 20.7. The SMILES string of the molecule is CCC(CCNC(=NC)N1CC(C)OC(c2ccc(F)cc2)C1)N1CCCC1=O. The summed E-state index contributed by atoms with van der Waals surface area (Å²) in [7, 11) is 1.79. The maximum atomic E-state index is 13.3. The van der Waals surface area contributed by atoms with Crippen molar-refractivity contribution >= 4 is 11.9 Å². The molecule has 0 spiro atoms. The number of morpholine rings is 1. The lowest BCUT2D eigenvalue weighted by Gasteiger charge is -2.39. The minimum Gasteiger partial charge on any atom is -0.367 e. The van der Waals surface area contributed by atoms with Crippen LogP contribution in [0.15, 0.2) is 29.3 Å². The van der Waals surface area contributed by atoms with Gasteiger partial charge in [-0.15, -0.1) is 0 Å². The molecule has 0 saturated carbocycles. The fourth-order valence-electron chi connectivity index (χ4n) is 4.30. The van der Waals surface area contributed by atoms with Crippen molar-refractivity contribution in [1.29, 1.82) is 0 Å². The number of carbonyl (C=O) groups excluding carboxylic acids is 1. The van der Waals surface area contributed by atoms with Crippen molar-refractivity contribution in [3.63, 3.8) is 0 Å². The van der Waals surface area contributed by atoms with Gasteiger partial charge in [0.2, 0.25) is 5.91 Å². The first kappa shape index (κ1) is 21.6. The summed E-state index contributed by atoms with van der Waals surface area (Å²) in [5, 5.41) is 3.47. The highest BCUT2D eigenvalue weighted by molar-refractivity contribution is 5.80. The predicted molar refractivity (Wildman–Crippen MR) is 112 cm³/mol. The van der Waals surface area contributed by atoms with E-state index in [-0.39, 0.29) is 30.0 Å². The first-order valence-corrected chi connectivity index (χ1v) is 10.7. The van der Waals surface area contributed by atoms with Crippen LogP contribution >= 0.6 is 0 Å². The van der Waals surface area contributed by atoms with Crippen molar-refractivity contribution < 1.29 is 13.9 Å². The summed E-state index contributed by atoms with van der Waals surface area (Å²) in [5.74, 6) is 0.883. The van der Waals surface area contributed by atoms with E-state index in [1.165, 1.54) is 12.1 Å². The van der Waals surface area contributed by atoms with E-state index in [4.69, 9.17) is 4.74 Å². The summed E-state index contributed by atoms with van der Waals surface area (Å²) in [6.45, 7) is 7.25. The molecule has 1 amide bonds. The van der Waals surface area contributed by atoms with Crippen LogP contribution in [0.4, 0.5) is 4.39 Å². The van der Waals surface area contributed by atoms with Crippen molar-refractivity contribution in [1.82, 2.24) is 15.1 Å². The molecular formula is C22H33FN4O2.